The lowest BCUT2D eigenvalue weighted by Crippen LogP contribution is -2.26. The number of carbonyl (C=O) groups is 2. The largest absolute Gasteiger partial charge is 0.479 e. The van der Waals surface area contributed by atoms with Gasteiger partial charge in [0.1, 0.15) is 0 Å². The van der Waals surface area contributed by atoms with Crippen LogP contribution in [0.15, 0.2) is 18.2 Å². The second kappa shape index (κ2) is 5.54. The van der Waals surface area contributed by atoms with Crippen LogP contribution in [0, 0.1) is 6.92 Å². The van der Waals surface area contributed by atoms with Gasteiger partial charge in [-0.1, -0.05) is 17.7 Å². The van der Waals surface area contributed by atoms with Crippen LogP contribution in [-0.4, -0.2) is 23.3 Å². The van der Waals surface area contributed by atoms with Crippen molar-refractivity contribution in [1.29, 1.82) is 0 Å². The fourth-order valence-corrected chi connectivity index (χ4v) is 1.25. The number of benzene rings is 1. The number of carbonyl (C=O) groups excluding carboxylic acids is 1. The van der Waals surface area contributed by atoms with E-state index in [2.05, 4.69) is 10.1 Å². The van der Waals surface area contributed by atoms with Crippen LogP contribution in [0.4, 0.5) is 10.5 Å². The van der Waals surface area contributed by atoms with E-state index in [1.54, 1.807) is 25.1 Å². The van der Waals surface area contributed by atoms with Gasteiger partial charge in [-0.2, -0.15) is 0 Å². The molecule has 92 valence electrons. The first-order chi connectivity index (χ1) is 7.90. The topological polar surface area (TPSA) is 75.6 Å². The smallest absolute Gasteiger partial charge is 0.412 e. The van der Waals surface area contributed by atoms with Crippen molar-refractivity contribution in [3.05, 3.63) is 28.8 Å². The predicted octanol–water partition coefficient (Wildman–Crippen LogP) is 2.67. The summed E-state index contributed by atoms with van der Waals surface area (Å²) in [7, 11) is 0. The van der Waals surface area contributed by atoms with Gasteiger partial charge in [0.2, 0.25) is 0 Å². The molecule has 1 amide bonds. The number of halogens is 1. The summed E-state index contributed by atoms with van der Waals surface area (Å²) >= 11 is 5.77. The van der Waals surface area contributed by atoms with E-state index in [4.69, 9.17) is 16.7 Å². The Morgan fingerprint density at radius 3 is 2.71 bits per heavy atom. The summed E-state index contributed by atoms with van der Waals surface area (Å²) in [6.07, 6.45) is -2.03. The number of aliphatic carboxylic acids is 1. The van der Waals surface area contributed by atoms with Crippen molar-refractivity contribution in [3.8, 4) is 0 Å². The Kier molecular flexibility index (Phi) is 4.34. The van der Waals surface area contributed by atoms with E-state index < -0.39 is 18.2 Å². The van der Waals surface area contributed by atoms with Gasteiger partial charge in [0.05, 0.1) is 0 Å². The number of carboxylic acid groups (broad SMARTS) is 1. The van der Waals surface area contributed by atoms with Crippen LogP contribution in [0.2, 0.25) is 5.02 Å². The van der Waals surface area contributed by atoms with Crippen LogP contribution in [0.25, 0.3) is 0 Å². The Morgan fingerprint density at radius 1 is 1.47 bits per heavy atom. The molecule has 0 aliphatic rings. The Hall–Kier alpha value is -1.75. The van der Waals surface area contributed by atoms with E-state index in [9.17, 15) is 9.59 Å². The Morgan fingerprint density at radius 2 is 2.12 bits per heavy atom. The number of carboxylic acids is 1. The van der Waals surface area contributed by atoms with Gasteiger partial charge in [-0.3, -0.25) is 5.32 Å². The molecule has 0 fully saturated rings. The minimum atomic E-state index is -1.21. The summed E-state index contributed by atoms with van der Waals surface area (Å²) in [6, 6.07) is 4.98. The lowest BCUT2D eigenvalue weighted by atomic mass is 10.2. The quantitative estimate of drug-likeness (QED) is 0.873. The minimum absolute atomic E-state index is 0.470. The van der Waals surface area contributed by atoms with Crippen molar-refractivity contribution < 1.29 is 19.4 Å². The Bertz CT molecular complexity index is 447. The van der Waals surface area contributed by atoms with E-state index >= 15 is 0 Å². The first-order valence-electron chi connectivity index (χ1n) is 4.86. The highest BCUT2D eigenvalue weighted by Crippen LogP contribution is 2.20. The molecule has 6 heteroatoms. The average Bonchev–Trinajstić information content (AvgIpc) is 2.23. The van der Waals surface area contributed by atoms with Crippen molar-refractivity contribution in [1.82, 2.24) is 0 Å². The molecule has 1 atom stereocenters. The van der Waals surface area contributed by atoms with Gasteiger partial charge < -0.3 is 9.84 Å². The number of hydrogen-bond donors (Lipinski definition) is 2. The van der Waals surface area contributed by atoms with Gasteiger partial charge in [-0.15, -0.1) is 0 Å². The van der Waals surface area contributed by atoms with E-state index in [-0.39, 0.29) is 0 Å². The molecular weight excluding hydrogens is 246 g/mol. The van der Waals surface area contributed by atoms with Crippen molar-refractivity contribution >= 4 is 29.4 Å². The molecule has 0 saturated heterocycles. The molecule has 0 radical (unpaired) electrons. The number of anilines is 1. The molecule has 5 nitrogen and oxygen atoms in total. The molecule has 0 spiro atoms. The predicted molar refractivity (Wildman–Crippen MR) is 63.4 cm³/mol. The van der Waals surface area contributed by atoms with Gasteiger partial charge in [0.25, 0.3) is 0 Å². The molecule has 1 aromatic carbocycles. The summed E-state index contributed by atoms with van der Waals surface area (Å²) in [5.74, 6) is -1.21. The third-order valence-corrected chi connectivity index (χ3v) is 2.30. The van der Waals surface area contributed by atoms with Crippen LogP contribution in [0.5, 0.6) is 0 Å². The first kappa shape index (κ1) is 13.3. The third-order valence-electron chi connectivity index (χ3n) is 2.07. The molecule has 1 aromatic rings. The lowest BCUT2D eigenvalue weighted by Gasteiger charge is -2.11. The number of ether oxygens (including phenoxy) is 1. The second-order valence-corrected chi connectivity index (χ2v) is 3.91. The van der Waals surface area contributed by atoms with Crippen molar-refractivity contribution in [2.24, 2.45) is 0 Å². The standard InChI is InChI=1S/C11H12ClNO4/c1-6-3-4-8(12)5-9(6)13-11(16)17-7(2)10(14)15/h3-5,7H,1-2H3,(H,13,16)(H,14,15). The lowest BCUT2D eigenvalue weighted by molar-refractivity contribution is -0.145. The second-order valence-electron chi connectivity index (χ2n) is 3.47. The van der Waals surface area contributed by atoms with Gasteiger partial charge in [-0.05, 0) is 31.5 Å². The third kappa shape index (κ3) is 3.96. The van der Waals surface area contributed by atoms with E-state index in [0.717, 1.165) is 5.56 Å². The first-order valence-corrected chi connectivity index (χ1v) is 5.24. The molecule has 2 N–H and O–H groups in total. The molecule has 0 bridgehead atoms. The summed E-state index contributed by atoms with van der Waals surface area (Å²) in [5, 5.41) is 11.5. The average molecular weight is 258 g/mol. The van der Waals surface area contributed by atoms with E-state index in [1.807, 2.05) is 0 Å². The highest BCUT2D eigenvalue weighted by atomic mass is 35.5. The van der Waals surface area contributed by atoms with Crippen molar-refractivity contribution in [2.45, 2.75) is 20.0 Å². The molecule has 1 rings (SSSR count). The molecule has 0 aromatic heterocycles. The fourth-order valence-electron chi connectivity index (χ4n) is 1.08. The monoisotopic (exact) mass is 257 g/mol. The normalized spacial score (nSPS) is 11.7. The molecule has 0 aliphatic carbocycles. The maximum atomic E-state index is 11.4. The van der Waals surface area contributed by atoms with E-state index in [1.165, 1.54) is 6.92 Å². The van der Waals surface area contributed by atoms with Crippen LogP contribution >= 0.6 is 11.6 Å². The van der Waals surface area contributed by atoms with E-state index in [0.29, 0.717) is 10.7 Å². The molecule has 0 saturated carbocycles. The molecule has 0 aliphatic heterocycles. The summed E-state index contributed by atoms with van der Waals surface area (Å²) in [4.78, 5) is 21.8. The molecule has 0 heterocycles. The van der Waals surface area contributed by atoms with Crippen LogP contribution < -0.4 is 5.32 Å². The maximum absolute atomic E-state index is 11.4. The zero-order valence-electron chi connectivity index (χ0n) is 9.36. The van der Waals surface area contributed by atoms with Crippen molar-refractivity contribution in [3.63, 3.8) is 0 Å². The van der Waals surface area contributed by atoms with Crippen LogP contribution in [0.1, 0.15) is 12.5 Å². The number of hydrogen-bond acceptors (Lipinski definition) is 3. The molecule has 1 unspecified atom stereocenters. The fraction of sp³-hybridized carbons (Fsp3) is 0.273. The van der Waals surface area contributed by atoms with Gasteiger partial charge in [-0.25, -0.2) is 9.59 Å². The van der Waals surface area contributed by atoms with Crippen LogP contribution in [-0.2, 0) is 9.53 Å². The number of rotatable bonds is 3. The number of nitrogens with one attached hydrogen (secondary N) is 1. The zero-order valence-corrected chi connectivity index (χ0v) is 10.1. The molecular formula is C11H12ClNO4. The number of aryl methyl sites for hydroxylation is 1. The highest BCUT2D eigenvalue weighted by Gasteiger charge is 2.16. The highest BCUT2D eigenvalue weighted by molar-refractivity contribution is 6.30. The van der Waals surface area contributed by atoms with Crippen LogP contribution in [0.3, 0.4) is 0 Å². The minimum Gasteiger partial charge on any atom is -0.479 e. The molecule has 17 heavy (non-hydrogen) atoms. The van der Waals surface area contributed by atoms with Crippen molar-refractivity contribution in [2.75, 3.05) is 5.32 Å². The summed E-state index contributed by atoms with van der Waals surface area (Å²) in [6.45, 7) is 3.05. The Labute approximate surface area is 103 Å². The van der Waals surface area contributed by atoms with Gasteiger partial charge in [0.15, 0.2) is 6.10 Å². The number of amides is 1. The van der Waals surface area contributed by atoms with Gasteiger partial charge in [0, 0.05) is 10.7 Å². The Balaban J connectivity index is 2.68. The zero-order chi connectivity index (χ0) is 13.0. The maximum Gasteiger partial charge on any atom is 0.412 e. The SMILES string of the molecule is Cc1ccc(Cl)cc1NC(=O)OC(C)C(=O)O. The summed E-state index contributed by atoms with van der Waals surface area (Å²) < 4.78 is 4.62. The van der Waals surface area contributed by atoms with Gasteiger partial charge >= 0.3 is 12.1 Å². The summed E-state index contributed by atoms with van der Waals surface area (Å²) in [5.41, 5.74) is 1.29.